The molecule has 0 bridgehead atoms. The average molecular weight is 326 g/mol. The predicted octanol–water partition coefficient (Wildman–Crippen LogP) is 3.48. The van der Waals surface area contributed by atoms with E-state index in [-0.39, 0.29) is 17.9 Å². The van der Waals surface area contributed by atoms with E-state index in [1.165, 1.54) is 0 Å². The fourth-order valence-corrected chi connectivity index (χ4v) is 2.11. The highest BCUT2D eigenvalue weighted by atomic mass is 16.5. The highest BCUT2D eigenvalue weighted by molar-refractivity contribution is 6.05. The van der Waals surface area contributed by atoms with Crippen molar-refractivity contribution in [2.75, 3.05) is 12.4 Å². The van der Waals surface area contributed by atoms with Crippen LogP contribution in [0.3, 0.4) is 0 Å². The van der Waals surface area contributed by atoms with Crippen LogP contribution in [0.4, 0.5) is 5.69 Å². The molecule has 0 aliphatic heterocycles. The fraction of sp³-hybridized carbons (Fsp3) is 0.263. The van der Waals surface area contributed by atoms with Gasteiger partial charge in [-0.25, -0.2) is 0 Å². The molecule has 0 radical (unpaired) electrons. The molecule has 5 nitrogen and oxygen atoms in total. The zero-order valence-electron chi connectivity index (χ0n) is 14.1. The molecule has 126 valence electrons. The Kier molecular flexibility index (Phi) is 5.95. The third-order valence-electron chi connectivity index (χ3n) is 3.62. The van der Waals surface area contributed by atoms with Crippen LogP contribution in [-0.2, 0) is 0 Å². The molecule has 0 saturated carbocycles. The summed E-state index contributed by atoms with van der Waals surface area (Å²) in [4.78, 5) is 24.1. The summed E-state index contributed by atoms with van der Waals surface area (Å²) in [7, 11) is 1.57. The van der Waals surface area contributed by atoms with Crippen LogP contribution < -0.4 is 15.4 Å². The van der Waals surface area contributed by atoms with Crippen molar-refractivity contribution in [1.82, 2.24) is 5.32 Å². The minimum absolute atomic E-state index is 0.0903. The minimum atomic E-state index is -0.251. The molecule has 2 aromatic rings. The number of amides is 2. The monoisotopic (exact) mass is 326 g/mol. The molecule has 0 aliphatic carbocycles. The Morgan fingerprint density at radius 2 is 1.71 bits per heavy atom. The van der Waals surface area contributed by atoms with E-state index in [1.807, 2.05) is 19.9 Å². The molecule has 5 heteroatoms. The van der Waals surface area contributed by atoms with E-state index in [2.05, 4.69) is 10.6 Å². The van der Waals surface area contributed by atoms with E-state index < -0.39 is 0 Å². The second-order valence-corrected chi connectivity index (χ2v) is 5.48. The van der Waals surface area contributed by atoms with Crippen LogP contribution in [0, 0.1) is 0 Å². The standard InChI is InChI=1S/C19H22N2O3/c1-4-13(2)24-17-10-6-8-15(12-17)19(23)21-16-9-5-7-14(11-16)18(22)20-3/h5-13H,4H2,1-3H3,(H,20,22)(H,21,23). The SMILES string of the molecule is CCC(C)Oc1cccc(C(=O)Nc2cccc(C(=O)NC)c2)c1. The van der Waals surface area contributed by atoms with Crippen molar-refractivity contribution in [1.29, 1.82) is 0 Å². The number of carbonyl (C=O) groups excluding carboxylic acids is 2. The molecule has 1 unspecified atom stereocenters. The number of nitrogens with one attached hydrogen (secondary N) is 2. The first kappa shape index (κ1) is 17.5. The fourth-order valence-electron chi connectivity index (χ4n) is 2.11. The van der Waals surface area contributed by atoms with E-state index in [9.17, 15) is 9.59 Å². The molecule has 1 atom stereocenters. The number of rotatable bonds is 6. The van der Waals surface area contributed by atoms with E-state index in [1.54, 1.807) is 49.5 Å². The summed E-state index contributed by atoms with van der Waals surface area (Å²) >= 11 is 0. The molecule has 2 amide bonds. The molecule has 0 fully saturated rings. The summed E-state index contributed by atoms with van der Waals surface area (Å²) in [6.45, 7) is 4.03. The molecule has 0 spiro atoms. The minimum Gasteiger partial charge on any atom is -0.491 e. The van der Waals surface area contributed by atoms with Crippen molar-refractivity contribution in [2.45, 2.75) is 26.4 Å². The second kappa shape index (κ2) is 8.15. The highest BCUT2D eigenvalue weighted by Crippen LogP contribution is 2.18. The van der Waals surface area contributed by atoms with Gasteiger partial charge in [0.25, 0.3) is 11.8 Å². The summed E-state index contributed by atoms with van der Waals surface area (Å²) in [5, 5.41) is 5.35. The maximum Gasteiger partial charge on any atom is 0.255 e. The summed E-state index contributed by atoms with van der Waals surface area (Å²) in [5.41, 5.74) is 1.56. The largest absolute Gasteiger partial charge is 0.491 e. The molecular weight excluding hydrogens is 304 g/mol. The quantitative estimate of drug-likeness (QED) is 0.854. The normalized spacial score (nSPS) is 11.5. The Hall–Kier alpha value is -2.82. The number of hydrogen-bond acceptors (Lipinski definition) is 3. The highest BCUT2D eigenvalue weighted by Gasteiger charge is 2.10. The van der Waals surface area contributed by atoms with Gasteiger partial charge in [0.15, 0.2) is 0 Å². The van der Waals surface area contributed by atoms with Crippen molar-refractivity contribution < 1.29 is 14.3 Å². The Morgan fingerprint density at radius 1 is 1.04 bits per heavy atom. The van der Waals surface area contributed by atoms with Crippen molar-refractivity contribution in [3.8, 4) is 5.75 Å². The van der Waals surface area contributed by atoms with E-state index in [0.29, 0.717) is 22.6 Å². The molecule has 0 saturated heterocycles. The van der Waals surface area contributed by atoms with Crippen LogP contribution in [0.5, 0.6) is 5.75 Å². The topological polar surface area (TPSA) is 67.4 Å². The van der Waals surface area contributed by atoms with E-state index in [0.717, 1.165) is 6.42 Å². The lowest BCUT2D eigenvalue weighted by molar-refractivity contribution is 0.0961. The van der Waals surface area contributed by atoms with Crippen LogP contribution in [0.2, 0.25) is 0 Å². The van der Waals surface area contributed by atoms with Gasteiger partial charge in [0.2, 0.25) is 0 Å². The van der Waals surface area contributed by atoms with E-state index in [4.69, 9.17) is 4.74 Å². The third-order valence-corrected chi connectivity index (χ3v) is 3.62. The number of carbonyl (C=O) groups is 2. The van der Waals surface area contributed by atoms with Gasteiger partial charge in [-0.05, 0) is 49.7 Å². The van der Waals surface area contributed by atoms with Gasteiger partial charge >= 0.3 is 0 Å². The van der Waals surface area contributed by atoms with Crippen LogP contribution >= 0.6 is 0 Å². The Labute approximate surface area is 142 Å². The van der Waals surface area contributed by atoms with Gasteiger partial charge in [0.1, 0.15) is 5.75 Å². The molecule has 0 heterocycles. The number of ether oxygens (including phenoxy) is 1. The van der Waals surface area contributed by atoms with Crippen molar-refractivity contribution in [3.05, 3.63) is 59.7 Å². The molecular formula is C19H22N2O3. The van der Waals surface area contributed by atoms with Gasteiger partial charge in [0.05, 0.1) is 6.10 Å². The lowest BCUT2D eigenvalue weighted by Gasteiger charge is -2.13. The van der Waals surface area contributed by atoms with Crippen LogP contribution in [-0.4, -0.2) is 25.0 Å². The van der Waals surface area contributed by atoms with Gasteiger partial charge in [-0.2, -0.15) is 0 Å². The lowest BCUT2D eigenvalue weighted by Crippen LogP contribution is -2.18. The van der Waals surface area contributed by atoms with Crippen molar-refractivity contribution >= 4 is 17.5 Å². The summed E-state index contributed by atoms with van der Waals surface area (Å²) in [6.07, 6.45) is 0.982. The second-order valence-electron chi connectivity index (χ2n) is 5.48. The maximum atomic E-state index is 12.4. The van der Waals surface area contributed by atoms with Gasteiger partial charge < -0.3 is 15.4 Å². The predicted molar refractivity (Wildman–Crippen MR) is 94.6 cm³/mol. The smallest absolute Gasteiger partial charge is 0.255 e. The van der Waals surface area contributed by atoms with Gasteiger partial charge in [0, 0.05) is 23.9 Å². The summed E-state index contributed by atoms with van der Waals surface area (Å²) < 4.78 is 5.74. The summed E-state index contributed by atoms with van der Waals surface area (Å²) in [6, 6.07) is 13.8. The maximum absolute atomic E-state index is 12.4. The molecule has 0 aromatic heterocycles. The Balaban J connectivity index is 2.12. The van der Waals surface area contributed by atoms with Gasteiger partial charge in [-0.3, -0.25) is 9.59 Å². The van der Waals surface area contributed by atoms with Crippen LogP contribution in [0.25, 0.3) is 0 Å². The van der Waals surface area contributed by atoms with Gasteiger partial charge in [-0.1, -0.05) is 19.1 Å². The Morgan fingerprint density at radius 3 is 2.38 bits per heavy atom. The molecule has 2 aromatic carbocycles. The molecule has 2 rings (SSSR count). The first-order chi connectivity index (χ1) is 11.5. The Bertz CT molecular complexity index is 728. The molecule has 0 aliphatic rings. The zero-order chi connectivity index (χ0) is 17.5. The van der Waals surface area contributed by atoms with Crippen molar-refractivity contribution in [2.24, 2.45) is 0 Å². The summed E-state index contributed by atoms with van der Waals surface area (Å²) in [5.74, 6) is 0.213. The first-order valence-electron chi connectivity index (χ1n) is 7.93. The molecule has 2 N–H and O–H groups in total. The average Bonchev–Trinajstić information content (AvgIpc) is 2.61. The number of hydrogen-bond donors (Lipinski definition) is 2. The zero-order valence-corrected chi connectivity index (χ0v) is 14.1. The van der Waals surface area contributed by atoms with Gasteiger partial charge in [-0.15, -0.1) is 0 Å². The van der Waals surface area contributed by atoms with Crippen LogP contribution in [0.1, 0.15) is 41.0 Å². The first-order valence-corrected chi connectivity index (χ1v) is 7.93. The number of benzene rings is 2. The lowest BCUT2D eigenvalue weighted by atomic mass is 10.1. The van der Waals surface area contributed by atoms with Crippen LogP contribution in [0.15, 0.2) is 48.5 Å². The number of anilines is 1. The van der Waals surface area contributed by atoms with Crippen molar-refractivity contribution in [3.63, 3.8) is 0 Å². The third kappa shape index (κ3) is 4.59. The molecule has 24 heavy (non-hydrogen) atoms. The van der Waals surface area contributed by atoms with E-state index >= 15 is 0 Å².